The quantitative estimate of drug-likeness (QED) is 0.536. The molecule has 12 heteroatoms. The Morgan fingerprint density at radius 3 is 2.27 bits per heavy atom. The number of hydrogen-bond donors (Lipinski definition) is 2. The highest BCUT2D eigenvalue weighted by molar-refractivity contribution is 7.93. The third-order valence-electron chi connectivity index (χ3n) is 4.76. The van der Waals surface area contributed by atoms with Crippen LogP contribution in [-0.2, 0) is 19.4 Å². The number of pyridine rings is 1. The van der Waals surface area contributed by atoms with E-state index >= 15 is 0 Å². The predicted octanol–water partition coefficient (Wildman–Crippen LogP) is 2.48. The fraction of sp³-hybridized carbons (Fsp3) is 0.333. The van der Waals surface area contributed by atoms with Crippen LogP contribution in [0.1, 0.15) is 12.8 Å². The van der Waals surface area contributed by atoms with E-state index in [0.717, 1.165) is 18.3 Å². The zero-order valence-electron chi connectivity index (χ0n) is 15.3. The molecule has 1 aromatic carbocycles. The van der Waals surface area contributed by atoms with Gasteiger partial charge in [-0.3, -0.25) is 15.0 Å². The first-order valence-electron chi connectivity index (χ1n) is 8.68. The highest BCUT2D eigenvalue weighted by Gasteiger charge is 2.52. The minimum Gasteiger partial charge on any atom is -0.406 e. The van der Waals surface area contributed by atoms with Crippen molar-refractivity contribution in [2.45, 2.75) is 28.8 Å². The molecule has 2 N–H and O–H groups in total. The Morgan fingerprint density at radius 1 is 1.13 bits per heavy atom. The summed E-state index contributed by atoms with van der Waals surface area (Å²) in [6, 6.07) is 7.53. The van der Waals surface area contributed by atoms with Crippen molar-refractivity contribution in [1.82, 2.24) is 10.5 Å². The molecular weight excluding hydrogens is 429 g/mol. The fourth-order valence-corrected chi connectivity index (χ4v) is 5.07. The zero-order valence-corrected chi connectivity index (χ0v) is 16.2. The second-order valence-electron chi connectivity index (χ2n) is 6.50. The SMILES string of the molecule is O=C(NO)C1(S(=O)(=O)c2ccc(-c3ccc(OC(F)(F)F)cc3)nc2)CCOCC1. The average Bonchev–Trinajstić information content (AvgIpc) is 2.73. The van der Waals surface area contributed by atoms with Crippen molar-refractivity contribution in [3.63, 3.8) is 0 Å². The number of nitrogens with zero attached hydrogens (tertiary/aromatic N) is 1. The summed E-state index contributed by atoms with van der Waals surface area (Å²) in [5.74, 6) is -1.45. The molecule has 1 amide bonds. The van der Waals surface area contributed by atoms with E-state index in [9.17, 15) is 26.4 Å². The molecule has 0 aliphatic carbocycles. The smallest absolute Gasteiger partial charge is 0.406 e. The Morgan fingerprint density at radius 2 is 1.77 bits per heavy atom. The second-order valence-corrected chi connectivity index (χ2v) is 8.76. The third-order valence-corrected chi connectivity index (χ3v) is 7.25. The van der Waals surface area contributed by atoms with E-state index in [-0.39, 0.29) is 31.0 Å². The summed E-state index contributed by atoms with van der Waals surface area (Å²) < 4.78 is 70.1. The summed E-state index contributed by atoms with van der Waals surface area (Å²) >= 11 is 0. The average molecular weight is 446 g/mol. The Bertz CT molecular complexity index is 1000. The number of carbonyl (C=O) groups excluding carboxylic acids is 1. The van der Waals surface area contributed by atoms with E-state index in [1.54, 1.807) is 0 Å². The topological polar surface area (TPSA) is 115 Å². The number of alkyl halides is 3. The summed E-state index contributed by atoms with van der Waals surface area (Å²) in [6.07, 6.45) is -4.02. The van der Waals surface area contributed by atoms with Crippen LogP contribution in [0.3, 0.4) is 0 Å². The molecule has 1 saturated heterocycles. The molecule has 0 radical (unpaired) electrons. The summed E-state index contributed by atoms with van der Waals surface area (Å²) in [5, 5.41) is 9.05. The van der Waals surface area contributed by atoms with Gasteiger partial charge in [0.15, 0.2) is 14.6 Å². The van der Waals surface area contributed by atoms with Gasteiger partial charge in [0.05, 0.1) is 10.6 Å². The molecule has 2 aromatic rings. The number of sulfone groups is 1. The summed E-state index contributed by atoms with van der Waals surface area (Å²) in [6.45, 7) is 0.0645. The van der Waals surface area contributed by atoms with Crippen molar-refractivity contribution >= 4 is 15.7 Å². The van der Waals surface area contributed by atoms with Gasteiger partial charge in [0, 0.05) is 25.0 Å². The van der Waals surface area contributed by atoms with Crippen LogP contribution in [0, 0.1) is 0 Å². The highest BCUT2D eigenvalue weighted by atomic mass is 32.2. The first kappa shape index (κ1) is 22.0. The fourth-order valence-electron chi connectivity index (χ4n) is 3.18. The summed E-state index contributed by atoms with van der Waals surface area (Å²) in [5.41, 5.74) is 2.16. The van der Waals surface area contributed by atoms with Gasteiger partial charge in [0.2, 0.25) is 0 Å². The van der Waals surface area contributed by atoms with Gasteiger partial charge in [-0.15, -0.1) is 13.2 Å². The van der Waals surface area contributed by atoms with Crippen LogP contribution in [0.4, 0.5) is 13.2 Å². The number of rotatable bonds is 5. The Labute approximate surface area is 169 Å². The number of hydrogen-bond acceptors (Lipinski definition) is 7. The lowest BCUT2D eigenvalue weighted by atomic mass is 9.98. The van der Waals surface area contributed by atoms with Crippen molar-refractivity contribution in [3.05, 3.63) is 42.6 Å². The molecule has 2 heterocycles. The van der Waals surface area contributed by atoms with E-state index in [2.05, 4.69) is 9.72 Å². The van der Waals surface area contributed by atoms with E-state index in [4.69, 9.17) is 9.94 Å². The predicted molar refractivity (Wildman–Crippen MR) is 96.3 cm³/mol. The van der Waals surface area contributed by atoms with Crippen LogP contribution < -0.4 is 10.2 Å². The van der Waals surface area contributed by atoms with Gasteiger partial charge < -0.3 is 9.47 Å². The van der Waals surface area contributed by atoms with Crippen LogP contribution in [0.15, 0.2) is 47.5 Å². The molecule has 162 valence electrons. The lowest BCUT2D eigenvalue weighted by Crippen LogP contribution is -2.54. The molecule has 1 aliphatic rings. The zero-order chi connectivity index (χ0) is 22.0. The van der Waals surface area contributed by atoms with Crippen LogP contribution in [-0.4, -0.2) is 48.8 Å². The number of aromatic nitrogens is 1. The largest absolute Gasteiger partial charge is 0.573 e. The Balaban J connectivity index is 1.88. The molecular formula is C18H17F3N2O6S. The van der Waals surface area contributed by atoms with Crippen molar-refractivity contribution in [2.75, 3.05) is 13.2 Å². The Kier molecular flexibility index (Phi) is 6.01. The molecule has 0 bridgehead atoms. The van der Waals surface area contributed by atoms with Crippen LogP contribution >= 0.6 is 0 Å². The molecule has 0 unspecified atom stereocenters. The van der Waals surface area contributed by atoms with E-state index in [0.29, 0.717) is 11.3 Å². The molecule has 3 rings (SSSR count). The Hall–Kier alpha value is -2.70. The second kappa shape index (κ2) is 8.20. The number of halogens is 3. The first-order valence-corrected chi connectivity index (χ1v) is 10.2. The monoisotopic (exact) mass is 446 g/mol. The molecule has 0 saturated carbocycles. The van der Waals surface area contributed by atoms with E-state index < -0.39 is 32.6 Å². The van der Waals surface area contributed by atoms with Gasteiger partial charge in [-0.25, -0.2) is 13.9 Å². The molecule has 30 heavy (non-hydrogen) atoms. The minimum absolute atomic E-state index is 0.0322. The van der Waals surface area contributed by atoms with Gasteiger partial charge in [-0.1, -0.05) is 0 Å². The summed E-state index contributed by atoms with van der Waals surface area (Å²) in [7, 11) is -4.22. The maximum atomic E-state index is 13.1. The van der Waals surface area contributed by atoms with Gasteiger partial charge in [0.1, 0.15) is 5.75 Å². The van der Waals surface area contributed by atoms with Crippen molar-refractivity contribution in [3.8, 4) is 17.0 Å². The van der Waals surface area contributed by atoms with Gasteiger partial charge in [-0.2, -0.15) is 0 Å². The van der Waals surface area contributed by atoms with Crippen molar-refractivity contribution < 1.29 is 41.1 Å². The number of carbonyl (C=O) groups is 1. The molecule has 8 nitrogen and oxygen atoms in total. The number of nitrogens with one attached hydrogen (secondary N) is 1. The third kappa shape index (κ3) is 4.25. The number of ether oxygens (including phenoxy) is 2. The molecule has 1 aliphatic heterocycles. The molecule has 0 atom stereocenters. The molecule has 0 spiro atoms. The molecule has 1 fully saturated rings. The van der Waals surface area contributed by atoms with Gasteiger partial charge >= 0.3 is 6.36 Å². The maximum Gasteiger partial charge on any atom is 0.573 e. The van der Waals surface area contributed by atoms with Crippen molar-refractivity contribution in [1.29, 1.82) is 0 Å². The number of amides is 1. The van der Waals surface area contributed by atoms with Crippen LogP contribution in [0.5, 0.6) is 5.75 Å². The lowest BCUT2D eigenvalue weighted by molar-refractivity contribution is -0.274. The van der Waals surface area contributed by atoms with E-state index in [1.165, 1.54) is 29.7 Å². The van der Waals surface area contributed by atoms with Crippen molar-refractivity contribution in [2.24, 2.45) is 0 Å². The van der Waals surface area contributed by atoms with Gasteiger partial charge in [0.25, 0.3) is 5.91 Å². The first-order chi connectivity index (χ1) is 14.1. The summed E-state index contributed by atoms with van der Waals surface area (Å²) in [4.78, 5) is 16.1. The van der Waals surface area contributed by atoms with Crippen LogP contribution in [0.25, 0.3) is 11.3 Å². The standard InChI is InChI=1S/C18H17F3N2O6S/c19-18(20,21)29-13-3-1-12(2-4-13)15-6-5-14(11-22-15)30(26,27)17(16(24)23-25)7-9-28-10-8-17/h1-6,11,25H,7-10H2,(H,23,24). The van der Waals surface area contributed by atoms with Gasteiger partial charge in [-0.05, 0) is 49.2 Å². The van der Waals surface area contributed by atoms with E-state index in [1.807, 2.05) is 0 Å². The number of benzene rings is 1. The number of hydroxylamine groups is 1. The van der Waals surface area contributed by atoms with Crippen LogP contribution in [0.2, 0.25) is 0 Å². The molecule has 1 aromatic heterocycles. The maximum absolute atomic E-state index is 13.1. The normalized spacial score (nSPS) is 16.7. The lowest BCUT2D eigenvalue weighted by Gasteiger charge is -2.34. The highest BCUT2D eigenvalue weighted by Crippen LogP contribution is 2.35. The minimum atomic E-state index is -4.81.